The molecule has 0 radical (unpaired) electrons. The van der Waals surface area contributed by atoms with Crippen molar-refractivity contribution < 1.29 is 0 Å². The third-order valence-corrected chi connectivity index (χ3v) is 14.7. The second-order valence-electron chi connectivity index (χ2n) is 18.8. The fourth-order valence-electron chi connectivity index (χ4n) is 11.5. The summed E-state index contributed by atoms with van der Waals surface area (Å²) in [5, 5.41) is 9.92. The summed E-state index contributed by atoms with van der Waals surface area (Å²) in [5.74, 6) is 0. The van der Waals surface area contributed by atoms with Crippen LogP contribution >= 0.6 is 0 Å². The minimum absolute atomic E-state index is 0.944. The van der Waals surface area contributed by atoms with Gasteiger partial charge in [-0.15, -0.1) is 0 Å². The molecule has 0 unspecified atom stereocenters. The first-order chi connectivity index (χ1) is 35.7. The van der Waals surface area contributed by atoms with E-state index in [0.717, 1.165) is 58.2 Å². The average Bonchev–Trinajstić information content (AvgIpc) is 3.96. The average molecular weight is 921 g/mol. The summed E-state index contributed by atoms with van der Waals surface area (Å²) in [6, 6.07) is 95.4. The fraction of sp³-hybridized carbons (Fsp3) is 0.0294. The monoisotopic (exact) mass is 920 g/mol. The number of anilines is 5. The van der Waals surface area contributed by atoms with Crippen molar-refractivity contribution in [2.75, 3.05) is 9.80 Å². The maximum absolute atomic E-state index is 2.50. The predicted octanol–water partition coefficient (Wildman–Crippen LogP) is 16.7. The van der Waals surface area contributed by atoms with E-state index in [0.29, 0.717) is 0 Å². The van der Waals surface area contributed by atoms with E-state index < -0.39 is 0 Å². The SMILES string of the molecule is C1=c2ccccc2=C(N(c2ccc(-c3ccc(N(c4ccc5c(c4)c4ccccc4n5-c4ccccc4)c4cccc5ccccc45)cc3)cc2)c2ccc3c(c2)c2ccccc2n3-c2ccccc2)CC1. The summed E-state index contributed by atoms with van der Waals surface area (Å²) in [6.45, 7) is 0. The number of aromatic nitrogens is 2. The normalized spacial score (nSPS) is 12.4. The number of fused-ring (bicyclic) bond motifs is 8. The lowest BCUT2D eigenvalue weighted by molar-refractivity contribution is 1.03. The summed E-state index contributed by atoms with van der Waals surface area (Å²) in [5.41, 5.74) is 16.4. The molecule has 72 heavy (non-hydrogen) atoms. The van der Waals surface area contributed by atoms with Gasteiger partial charge in [0.05, 0.1) is 27.8 Å². The Labute approximate surface area is 418 Å². The van der Waals surface area contributed by atoms with Crippen LogP contribution in [0.25, 0.3) is 88.7 Å². The molecule has 1 aliphatic rings. The van der Waals surface area contributed by atoms with E-state index in [1.807, 2.05) is 0 Å². The van der Waals surface area contributed by atoms with Crippen LogP contribution in [0.5, 0.6) is 0 Å². The van der Waals surface area contributed by atoms with Crippen LogP contribution in [0.2, 0.25) is 0 Å². The first-order valence-electron chi connectivity index (χ1n) is 25.0. The molecule has 2 heterocycles. The van der Waals surface area contributed by atoms with Gasteiger partial charge in [-0.1, -0.05) is 164 Å². The molecule has 14 rings (SSSR count). The Morgan fingerprint density at radius 1 is 0.319 bits per heavy atom. The molecule has 0 atom stereocenters. The van der Waals surface area contributed by atoms with Crippen molar-refractivity contribution >= 4 is 94.6 Å². The molecule has 0 aliphatic heterocycles. The topological polar surface area (TPSA) is 16.3 Å². The van der Waals surface area contributed by atoms with Crippen molar-refractivity contribution in [1.82, 2.24) is 9.13 Å². The number of hydrogen-bond donors (Lipinski definition) is 0. The van der Waals surface area contributed by atoms with Crippen LogP contribution < -0.4 is 20.2 Å². The minimum Gasteiger partial charge on any atom is -0.314 e. The molecular formula is C68H48N4. The van der Waals surface area contributed by atoms with Gasteiger partial charge in [-0.25, -0.2) is 0 Å². The first-order valence-corrected chi connectivity index (χ1v) is 25.0. The largest absolute Gasteiger partial charge is 0.314 e. The molecule has 4 heteroatoms. The number of hydrogen-bond acceptors (Lipinski definition) is 2. The zero-order valence-electron chi connectivity index (χ0n) is 39.6. The summed E-state index contributed by atoms with van der Waals surface area (Å²) in [6.07, 6.45) is 4.31. The second kappa shape index (κ2) is 17.2. The summed E-state index contributed by atoms with van der Waals surface area (Å²) < 4.78 is 4.77. The van der Waals surface area contributed by atoms with Crippen LogP contribution in [0.15, 0.2) is 261 Å². The van der Waals surface area contributed by atoms with Gasteiger partial charge in [0.1, 0.15) is 0 Å². The molecule has 0 N–H and O–H groups in total. The van der Waals surface area contributed by atoms with Crippen LogP contribution in [0.3, 0.4) is 0 Å². The summed E-state index contributed by atoms with van der Waals surface area (Å²) in [7, 11) is 0. The second-order valence-corrected chi connectivity index (χ2v) is 18.8. The van der Waals surface area contributed by atoms with Gasteiger partial charge >= 0.3 is 0 Å². The highest BCUT2D eigenvalue weighted by Crippen LogP contribution is 2.44. The zero-order valence-corrected chi connectivity index (χ0v) is 39.6. The summed E-state index contributed by atoms with van der Waals surface area (Å²) in [4.78, 5) is 4.93. The van der Waals surface area contributed by atoms with E-state index in [2.05, 4.69) is 286 Å². The first kappa shape index (κ1) is 41.6. The Bertz CT molecular complexity index is 4310. The molecule has 0 saturated heterocycles. The quantitative estimate of drug-likeness (QED) is 0.143. The van der Waals surface area contributed by atoms with Gasteiger partial charge in [0.25, 0.3) is 0 Å². The molecule has 11 aromatic carbocycles. The van der Waals surface area contributed by atoms with E-state index in [4.69, 9.17) is 0 Å². The number of para-hydroxylation sites is 4. The third kappa shape index (κ3) is 6.91. The third-order valence-electron chi connectivity index (χ3n) is 14.7. The maximum Gasteiger partial charge on any atom is 0.0542 e. The Balaban J connectivity index is 0.870. The Hall–Kier alpha value is -9.38. The molecule has 4 nitrogen and oxygen atoms in total. The van der Waals surface area contributed by atoms with Gasteiger partial charge in [0.2, 0.25) is 0 Å². The van der Waals surface area contributed by atoms with Gasteiger partial charge in [-0.3, -0.25) is 0 Å². The highest BCUT2D eigenvalue weighted by Gasteiger charge is 2.22. The van der Waals surface area contributed by atoms with Crippen molar-refractivity contribution in [3.8, 4) is 22.5 Å². The van der Waals surface area contributed by atoms with Gasteiger partial charge < -0.3 is 18.9 Å². The fourth-order valence-corrected chi connectivity index (χ4v) is 11.5. The molecule has 0 fully saturated rings. The molecular weight excluding hydrogens is 873 g/mol. The van der Waals surface area contributed by atoms with Gasteiger partial charge in [0.15, 0.2) is 0 Å². The van der Waals surface area contributed by atoms with Gasteiger partial charge in [0, 0.05) is 72.0 Å². The number of benzene rings is 11. The Kier molecular flexibility index (Phi) is 9.95. The van der Waals surface area contributed by atoms with Crippen LogP contribution in [0.4, 0.5) is 28.4 Å². The van der Waals surface area contributed by atoms with Crippen molar-refractivity contribution in [2.45, 2.75) is 12.8 Å². The Morgan fingerprint density at radius 2 is 0.778 bits per heavy atom. The molecule has 2 aromatic heterocycles. The van der Waals surface area contributed by atoms with E-state index >= 15 is 0 Å². The number of nitrogens with zero attached hydrogens (tertiary/aromatic N) is 4. The van der Waals surface area contributed by atoms with Crippen molar-refractivity contribution in [3.05, 3.63) is 271 Å². The van der Waals surface area contributed by atoms with Crippen molar-refractivity contribution in [3.63, 3.8) is 0 Å². The zero-order chi connectivity index (χ0) is 47.5. The van der Waals surface area contributed by atoms with E-state index in [1.165, 1.54) is 76.1 Å². The molecule has 340 valence electrons. The minimum atomic E-state index is 0.944. The van der Waals surface area contributed by atoms with Crippen molar-refractivity contribution in [1.29, 1.82) is 0 Å². The van der Waals surface area contributed by atoms with Gasteiger partial charge in [-0.2, -0.15) is 0 Å². The predicted molar refractivity (Wildman–Crippen MR) is 304 cm³/mol. The lowest BCUT2D eigenvalue weighted by Crippen LogP contribution is -2.34. The lowest BCUT2D eigenvalue weighted by Gasteiger charge is -2.30. The molecule has 0 spiro atoms. The van der Waals surface area contributed by atoms with Crippen LogP contribution in [-0.2, 0) is 0 Å². The van der Waals surface area contributed by atoms with Crippen molar-refractivity contribution in [2.24, 2.45) is 0 Å². The molecule has 13 aromatic rings. The van der Waals surface area contributed by atoms with E-state index in [-0.39, 0.29) is 0 Å². The van der Waals surface area contributed by atoms with E-state index in [9.17, 15) is 0 Å². The van der Waals surface area contributed by atoms with Crippen LogP contribution in [0.1, 0.15) is 12.8 Å². The van der Waals surface area contributed by atoms with Gasteiger partial charge in [-0.05, 0) is 138 Å². The smallest absolute Gasteiger partial charge is 0.0542 e. The molecule has 0 saturated carbocycles. The van der Waals surface area contributed by atoms with Crippen LogP contribution in [-0.4, -0.2) is 9.13 Å². The standard InChI is InChI=1S/C68H48N4/c1-3-21-51(22-4-1)71-65-29-13-11-27-59(65)61-45-55(41-43-67(61)71)69(63-31-15-19-49-17-7-9-25-57(49)63)53-37-33-47(34-38-53)48-35-39-54(40-36-48)70(64-32-16-20-50-18-8-10-26-58(50)64)56-42-44-68-62(46-56)60-28-12-14-30-66(60)72(68)52-23-5-2-6-24-52/h1-15,17-31,33-46H,16,32H2. The molecule has 1 aliphatic carbocycles. The lowest BCUT2D eigenvalue weighted by atomic mass is 10.0. The highest BCUT2D eigenvalue weighted by atomic mass is 15.2. The maximum atomic E-state index is 2.50. The highest BCUT2D eigenvalue weighted by molar-refractivity contribution is 6.12. The molecule has 0 amide bonds. The van der Waals surface area contributed by atoms with E-state index in [1.54, 1.807) is 0 Å². The van der Waals surface area contributed by atoms with Crippen LogP contribution in [0, 0.1) is 0 Å². The number of rotatable bonds is 9. The molecule has 0 bridgehead atoms. The summed E-state index contributed by atoms with van der Waals surface area (Å²) >= 11 is 0. The Morgan fingerprint density at radius 3 is 1.39 bits per heavy atom.